The molecule has 0 fully saturated rings. The van der Waals surface area contributed by atoms with Gasteiger partial charge in [0.15, 0.2) is 0 Å². The first-order valence-electron chi connectivity index (χ1n) is 10.1. The molecule has 1 heterocycles. The molecule has 0 aliphatic rings. The van der Waals surface area contributed by atoms with E-state index < -0.39 is 27.9 Å². The second-order valence-electron chi connectivity index (χ2n) is 7.68. The van der Waals surface area contributed by atoms with Gasteiger partial charge in [-0.25, -0.2) is 13.1 Å². The summed E-state index contributed by atoms with van der Waals surface area (Å²) in [7, 11) is -3.74. The van der Waals surface area contributed by atoms with Crippen molar-refractivity contribution in [3.05, 3.63) is 76.1 Å². The number of amides is 2. The number of primary amides is 1. The zero-order valence-electron chi connectivity index (χ0n) is 18.0. The summed E-state index contributed by atoms with van der Waals surface area (Å²) in [4.78, 5) is 24.8. The minimum absolute atomic E-state index is 0.0138. The maximum atomic E-state index is 13.0. The lowest BCUT2D eigenvalue weighted by Crippen LogP contribution is -2.47. The molecule has 0 aliphatic heterocycles. The van der Waals surface area contributed by atoms with Crippen molar-refractivity contribution in [3.8, 4) is 11.1 Å². The van der Waals surface area contributed by atoms with Gasteiger partial charge >= 0.3 is 0 Å². The molecule has 4 N–H and O–H groups in total. The van der Waals surface area contributed by atoms with Crippen LogP contribution in [0.4, 0.5) is 0 Å². The van der Waals surface area contributed by atoms with Gasteiger partial charge in [0.05, 0.1) is 4.34 Å². The van der Waals surface area contributed by atoms with Crippen LogP contribution in [0.2, 0.25) is 4.34 Å². The average molecular weight is 506 g/mol. The smallest absolute Gasteiger partial charge is 0.252 e. The van der Waals surface area contributed by atoms with E-state index in [1.54, 1.807) is 56.3 Å². The maximum absolute atomic E-state index is 13.0. The highest BCUT2D eigenvalue weighted by Crippen LogP contribution is 2.29. The molecule has 0 saturated heterocycles. The molecule has 1 atom stereocenters. The first kappa shape index (κ1) is 24.9. The van der Waals surface area contributed by atoms with Crippen LogP contribution in [0.25, 0.3) is 11.1 Å². The van der Waals surface area contributed by atoms with E-state index in [0.717, 1.165) is 11.3 Å². The molecule has 0 spiro atoms. The van der Waals surface area contributed by atoms with Crippen molar-refractivity contribution in [2.75, 3.05) is 0 Å². The molecule has 3 aromatic rings. The van der Waals surface area contributed by atoms with Gasteiger partial charge in [-0.3, -0.25) is 9.59 Å². The van der Waals surface area contributed by atoms with Crippen LogP contribution in [0.15, 0.2) is 64.9 Å². The number of thiophene rings is 1. The van der Waals surface area contributed by atoms with Crippen LogP contribution in [0, 0.1) is 5.92 Å². The molecule has 0 aliphatic carbocycles. The van der Waals surface area contributed by atoms with E-state index in [4.69, 9.17) is 17.3 Å². The Hall–Kier alpha value is -2.72. The Morgan fingerprint density at radius 2 is 1.64 bits per heavy atom. The summed E-state index contributed by atoms with van der Waals surface area (Å²) in [5.41, 5.74) is 7.77. The third kappa shape index (κ3) is 6.00. The molecular weight excluding hydrogens is 482 g/mol. The summed E-state index contributed by atoms with van der Waals surface area (Å²) in [6, 6.07) is 16.3. The topological polar surface area (TPSA) is 118 Å². The van der Waals surface area contributed by atoms with Gasteiger partial charge in [0, 0.05) is 12.1 Å². The van der Waals surface area contributed by atoms with Crippen molar-refractivity contribution in [1.82, 2.24) is 10.0 Å². The SMILES string of the molecule is CC(C)[C@H](NC(=O)c1ccccc1-c1ccccc1CNS(=O)(=O)c1ccc(Cl)s1)C(N)=O. The Morgan fingerprint density at radius 1 is 1.00 bits per heavy atom. The Labute approximate surface area is 202 Å². The van der Waals surface area contributed by atoms with Crippen LogP contribution in [0.3, 0.4) is 0 Å². The normalized spacial score (nSPS) is 12.5. The summed E-state index contributed by atoms with van der Waals surface area (Å²) >= 11 is 6.84. The van der Waals surface area contributed by atoms with Gasteiger partial charge < -0.3 is 11.1 Å². The van der Waals surface area contributed by atoms with E-state index in [9.17, 15) is 18.0 Å². The second kappa shape index (κ2) is 10.5. The number of halogens is 1. The van der Waals surface area contributed by atoms with Gasteiger partial charge in [-0.15, -0.1) is 11.3 Å². The van der Waals surface area contributed by atoms with Crippen LogP contribution in [-0.4, -0.2) is 26.3 Å². The van der Waals surface area contributed by atoms with E-state index in [1.165, 1.54) is 12.1 Å². The summed E-state index contributed by atoms with van der Waals surface area (Å²) in [6.45, 7) is 3.60. The molecule has 174 valence electrons. The first-order valence-corrected chi connectivity index (χ1v) is 12.8. The molecule has 0 saturated carbocycles. The number of carbonyl (C=O) groups is 2. The third-order valence-electron chi connectivity index (χ3n) is 5.01. The summed E-state index contributed by atoms with van der Waals surface area (Å²) in [5, 5.41) is 2.71. The molecule has 33 heavy (non-hydrogen) atoms. The largest absolute Gasteiger partial charge is 0.368 e. The average Bonchev–Trinajstić information content (AvgIpc) is 3.23. The number of nitrogens with one attached hydrogen (secondary N) is 2. The molecule has 2 amide bonds. The Morgan fingerprint density at radius 3 is 2.24 bits per heavy atom. The Bertz CT molecular complexity index is 1270. The van der Waals surface area contributed by atoms with E-state index in [-0.39, 0.29) is 16.7 Å². The number of hydrogen-bond donors (Lipinski definition) is 3. The highest BCUT2D eigenvalue weighted by Gasteiger charge is 2.24. The summed E-state index contributed by atoms with van der Waals surface area (Å²) in [6.07, 6.45) is 0. The van der Waals surface area contributed by atoms with Crippen molar-refractivity contribution in [2.24, 2.45) is 11.7 Å². The summed E-state index contributed by atoms with van der Waals surface area (Å²) in [5.74, 6) is -1.22. The monoisotopic (exact) mass is 505 g/mol. The number of carbonyl (C=O) groups excluding carboxylic acids is 2. The quantitative estimate of drug-likeness (QED) is 0.410. The van der Waals surface area contributed by atoms with Crippen LogP contribution in [0.5, 0.6) is 0 Å². The van der Waals surface area contributed by atoms with Gasteiger partial charge in [-0.05, 0) is 40.8 Å². The van der Waals surface area contributed by atoms with Crippen molar-refractivity contribution >= 4 is 44.8 Å². The molecular formula is C23H24ClN3O4S2. The molecule has 0 bridgehead atoms. The van der Waals surface area contributed by atoms with Crippen LogP contribution in [0.1, 0.15) is 29.8 Å². The minimum atomic E-state index is -3.74. The molecule has 1 aromatic heterocycles. The fraction of sp³-hybridized carbons (Fsp3) is 0.217. The van der Waals surface area contributed by atoms with Crippen molar-refractivity contribution in [3.63, 3.8) is 0 Å². The minimum Gasteiger partial charge on any atom is -0.368 e. The predicted octanol–water partition coefficient (Wildman–Crippen LogP) is 3.79. The number of sulfonamides is 1. The van der Waals surface area contributed by atoms with Crippen molar-refractivity contribution < 1.29 is 18.0 Å². The lowest BCUT2D eigenvalue weighted by Gasteiger charge is -2.20. The van der Waals surface area contributed by atoms with Gasteiger partial charge in [0.25, 0.3) is 5.91 Å². The second-order valence-corrected chi connectivity index (χ2v) is 11.4. The van der Waals surface area contributed by atoms with E-state index >= 15 is 0 Å². The maximum Gasteiger partial charge on any atom is 0.252 e. The number of hydrogen-bond acceptors (Lipinski definition) is 5. The lowest BCUT2D eigenvalue weighted by atomic mass is 9.94. The molecule has 0 radical (unpaired) electrons. The highest BCUT2D eigenvalue weighted by atomic mass is 35.5. The highest BCUT2D eigenvalue weighted by molar-refractivity contribution is 7.91. The van der Waals surface area contributed by atoms with Crippen molar-refractivity contribution in [2.45, 2.75) is 30.6 Å². The molecule has 3 rings (SSSR count). The van der Waals surface area contributed by atoms with E-state index in [2.05, 4.69) is 10.0 Å². The van der Waals surface area contributed by atoms with Crippen LogP contribution < -0.4 is 15.8 Å². The lowest BCUT2D eigenvalue weighted by molar-refractivity contribution is -0.120. The molecule has 2 aromatic carbocycles. The number of rotatable bonds is 9. The molecule has 10 heteroatoms. The molecule has 0 unspecified atom stereocenters. The third-order valence-corrected chi connectivity index (χ3v) is 8.13. The first-order chi connectivity index (χ1) is 15.6. The summed E-state index contributed by atoms with van der Waals surface area (Å²) < 4.78 is 28.3. The zero-order chi connectivity index (χ0) is 24.2. The Kier molecular flexibility index (Phi) is 7.91. The van der Waals surface area contributed by atoms with Crippen LogP contribution in [-0.2, 0) is 21.4 Å². The van der Waals surface area contributed by atoms with Gasteiger partial charge in [-0.1, -0.05) is 67.9 Å². The van der Waals surface area contributed by atoms with E-state index in [0.29, 0.717) is 26.6 Å². The van der Waals surface area contributed by atoms with Gasteiger partial charge in [0.1, 0.15) is 10.3 Å². The zero-order valence-corrected chi connectivity index (χ0v) is 20.4. The van der Waals surface area contributed by atoms with Crippen LogP contribution >= 0.6 is 22.9 Å². The number of benzene rings is 2. The fourth-order valence-corrected chi connectivity index (χ4v) is 5.86. The standard InChI is InChI=1S/C23H24ClN3O4S2/c1-14(2)21(22(25)28)27-23(29)18-10-6-5-9-17(18)16-8-4-3-7-15(16)13-26-33(30,31)20-12-11-19(24)32-20/h3-12,14,21,26H,13H2,1-2H3,(H2,25,28)(H,27,29)/t21-/m0/s1. The number of nitrogens with two attached hydrogens (primary N) is 1. The van der Waals surface area contributed by atoms with Gasteiger partial charge in [0.2, 0.25) is 15.9 Å². The van der Waals surface area contributed by atoms with E-state index in [1.807, 2.05) is 6.07 Å². The fourth-order valence-electron chi connectivity index (χ4n) is 3.32. The van der Waals surface area contributed by atoms with Crippen molar-refractivity contribution in [1.29, 1.82) is 0 Å². The molecule has 7 nitrogen and oxygen atoms in total. The van der Waals surface area contributed by atoms with Gasteiger partial charge in [-0.2, -0.15) is 0 Å². The predicted molar refractivity (Wildman–Crippen MR) is 131 cm³/mol. The Balaban J connectivity index is 1.91.